The van der Waals surface area contributed by atoms with Gasteiger partial charge in [-0.25, -0.2) is 0 Å². The summed E-state index contributed by atoms with van der Waals surface area (Å²) in [4.78, 5) is 7.58. The highest BCUT2D eigenvalue weighted by Gasteiger charge is 2.51. The Hall–Kier alpha value is -15.2. The molecule has 0 fully saturated rings. The lowest BCUT2D eigenvalue weighted by Gasteiger charge is -2.48. The maximum Gasteiger partial charge on any atom is 0.0621 e. The summed E-state index contributed by atoms with van der Waals surface area (Å²) >= 11 is 0. The van der Waals surface area contributed by atoms with Crippen molar-refractivity contribution in [3.05, 3.63) is 484 Å². The molecule has 0 N–H and O–H groups in total. The molecule has 7 aliphatic carbocycles. The summed E-state index contributed by atoms with van der Waals surface area (Å²) in [5.74, 6) is 0. The number of para-hydroxylation sites is 1. The first-order valence-corrected chi connectivity index (χ1v) is 52.4. The van der Waals surface area contributed by atoms with Crippen LogP contribution in [0.15, 0.2) is 406 Å². The van der Waals surface area contributed by atoms with E-state index >= 15 is 0 Å². The molecule has 0 atom stereocenters. The zero-order valence-electron chi connectivity index (χ0n) is 87.5. The van der Waals surface area contributed by atoms with Crippen LogP contribution < -0.4 is 14.7 Å². The van der Waals surface area contributed by atoms with Gasteiger partial charge in [0, 0.05) is 77.8 Å². The van der Waals surface area contributed by atoms with Gasteiger partial charge in [0.05, 0.1) is 11.4 Å². The lowest BCUT2D eigenvalue weighted by Crippen LogP contribution is -2.43. The van der Waals surface area contributed by atoms with E-state index in [1.807, 2.05) is 0 Å². The molecule has 710 valence electrons. The van der Waals surface area contributed by atoms with Crippen LogP contribution in [0.3, 0.4) is 0 Å². The first-order chi connectivity index (χ1) is 69.5. The topological polar surface area (TPSA) is 9.72 Å². The average molecular weight is 1880 g/mol. The van der Waals surface area contributed by atoms with Gasteiger partial charge >= 0.3 is 0 Å². The fraction of sp³-hybridized carbons (Fsp3) is 0.211. The zero-order valence-corrected chi connectivity index (χ0v) is 87.5. The molecule has 0 saturated carbocycles. The SMILES string of the molecule is CC1(C)c2ccccc2-c2c1cc1ccccc1c2N(c1ccc2c(c1)C(C)(C)C(C)(C)c1ccccc1-2)c1ccc2ccccc2c1.CC1(C)c2ccccc2-c2ccc(N(c3ccc4c(c3)C(C)(C)C(C)(C)c3ccccc3-4)c3cc4c(c5ccccc35)-c3ccccc3C4(C)C)cc21.CC1(C)c2ccccc2-c2ccc3ccc(N(c4ccccc4)c4ccc5c(c4)C(C)(C)C(C)(C)c4ccccc4-5)cc3c21. The minimum absolute atomic E-state index is 0.0170. The van der Waals surface area contributed by atoms with E-state index in [-0.39, 0.29) is 54.1 Å². The van der Waals surface area contributed by atoms with Crippen LogP contribution in [0.1, 0.15) is 216 Å². The molecule has 20 aromatic rings. The average Bonchev–Trinajstić information content (AvgIpc) is 1.65. The largest absolute Gasteiger partial charge is 0.310 e. The van der Waals surface area contributed by atoms with Gasteiger partial charge in [-0.15, -0.1) is 0 Å². The van der Waals surface area contributed by atoms with Crippen molar-refractivity contribution in [1.29, 1.82) is 0 Å². The molecule has 0 radical (unpaired) electrons. The maximum absolute atomic E-state index is 2.57. The minimum atomic E-state index is -0.135. The van der Waals surface area contributed by atoms with Gasteiger partial charge in [0.25, 0.3) is 0 Å². The van der Waals surface area contributed by atoms with Crippen LogP contribution in [0, 0.1) is 0 Å². The van der Waals surface area contributed by atoms with Crippen molar-refractivity contribution in [2.24, 2.45) is 0 Å². The van der Waals surface area contributed by atoms with Crippen molar-refractivity contribution in [3.8, 4) is 77.9 Å². The Kier molecular flexibility index (Phi) is 20.2. The molecule has 7 aliphatic rings. The molecular weight excluding hydrogens is 1750 g/mol. The summed E-state index contributed by atoms with van der Waals surface area (Å²) in [6, 6.07) is 153. The Morgan fingerprint density at radius 1 is 0.145 bits per heavy atom. The Morgan fingerprint density at radius 3 is 0.952 bits per heavy atom. The summed E-state index contributed by atoms with van der Waals surface area (Å²) in [6.45, 7) is 48.2. The summed E-state index contributed by atoms with van der Waals surface area (Å²) in [7, 11) is 0. The first-order valence-electron chi connectivity index (χ1n) is 52.4. The molecule has 0 spiro atoms. The van der Waals surface area contributed by atoms with Gasteiger partial charge in [-0.05, 0) is 312 Å². The van der Waals surface area contributed by atoms with Gasteiger partial charge in [-0.3, -0.25) is 0 Å². The van der Waals surface area contributed by atoms with E-state index in [1.54, 1.807) is 0 Å². The predicted octanol–water partition coefficient (Wildman–Crippen LogP) is 39.0. The quantitative estimate of drug-likeness (QED) is 0.143. The molecule has 0 aliphatic heterocycles. The molecule has 0 aromatic heterocycles. The molecule has 0 heterocycles. The normalized spacial score (nSPS) is 16.7. The Morgan fingerprint density at radius 2 is 0.448 bits per heavy atom. The third-order valence-electron chi connectivity index (χ3n) is 37.4. The van der Waals surface area contributed by atoms with Crippen LogP contribution in [0.2, 0.25) is 0 Å². The third kappa shape index (κ3) is 13.2. The highest BCUT2D eigenvalue weighted by atomic mass is 15.2. The number of anilines is 9. The van der Waals surface area contributed by atoms with Gasteiger partial charge in [0.15, 0.2) is 0 Å². The summed E-state index contributed by atoms with van der Waals surface area (Å²) in [6.07, 6.45) is 0. The first kappa shape index (κ1) is 91.1. The molecule has 0 saturated heterocycles. The van der Waals surface area contributed by atoms with Crippen molar-refractivity contribution in [1.82, 2.24) is 0 Å². The lowest BCUT2D eigenvalue weighted by molar-refractivity contribution is 0.299. The van der Waals surface area contributed by atoms with Crippen LogP contribution in [0.25, 0.3) is 121 Å². The van der Waals surface area contributed by atoms with E-state index < -0.39 is 0 Å². The summed E-state index contributed by atoms with van der Waals surface area (Å²) < 4.78 is 0. The van der Waals surface area contributed by atoms with Gasteiger partial charge in [0.1, 0.15) is 0 Å². The highest BCUT2D eigenvalue weighted by molar-refractivity contribution is 6.13. The fourth-order valence-corrected chi connectivity index (χ4v) is 27.3. The molecule has 0 unspecified atom stereocenters. The van der Waals surface area contributed by atoms with E-state index in [1.165, 1.54) is 244 Å². The molecule has 0 amide bonds. The standard InChI is InChI=1S/C52H47N.C47H41N.C43H39N/c1-49(2)41-22-14-11-17-34(41)36-27-25-32(29-44(36)49)53(33-26-28-37-35-18-12-16-24-43(35)51(5,6)52(7,8)45(37)30-33)47-31-46-48(39-20-10-9-19-38(39)47)40-21-13-15-23-42(40)50(46,3)4;1-45(2)39-21-13-12-20-38(39)43-42(45)28-32-17-9-10-18-35(32)44(43)48(33-24-23-30-15-7-8-16-31(30)27-33)34-25-26-37-36-19-11-14-22-40(36)46(3,4)47(5,6)41(37)29-34;1-41(2)37-18-12-10-17-33(37)35-24-21-28-20-22-30(26-36(28)40(35)41)44(29-14-8-7-9-15-29)31-23-25-34-32-16-11-13-19-38(32)42(3,4)43(5,6)39(34)27-31/h9-31H,1-8H3;7-29H,1-6H3;7-27H,1-6H3. The summed E-state index contributed by atoms with van der Waals surface area (Å²) in [5, 5.41) is 10.2. The predicted molar refractivity (Wildman–Crippen MR) is 618 cm³/mol. The van der Waals surface area contributed by atoms with Crippen LogP contribution in [0.4, 0.5) is 51.2 Å². The third-order valence-corrected chi connectivity index (χ3v) is 37.4. The minimum Gasteiger partial charge on any atom is -0.310 e. The van der Waals surface area contributed by atoms with Crippen molar-refractivity contribution in [2.75, 3.05) is 14.7 Å². The molecule has 20 aromatic carbocycles. The maximum atomic E-state index is 2.57. The monoisotopic (exact) mass is 1870 g/mol. The Bertz CT molecular complexity index is 8830. The van der Waals surface area contributed by atoms with Gasteiger partial charge in [-0.2, -0.15) is 0 Å². The molecule has 0 bridgehead atoms. The van der Waals surface area contributed by atoms with Crippen molar-refractivity contribution in [2.45, 2.75) is 193 Å². The molecule has 27 rings (SSSR count). The van der Waals surface area contributed by atoms with Crippen LogP contribution >= 0.6 is 0 Å². The van der Waals surface area contributed by atoms with Gasteiger partial charge < -0.3 is 14.7 Å². The Labute approximate surface area is 857 Å². The smallest absolute Gasteiger partial charge is 0.0621 e. The van der Waals surface area contributed by atoms with Crippen LogP contribution in [-0.4, -0.2) is 0 Å². The van der Waals surface area contributed by atoms with E-state index in [0.717, 1.165) is 5.69 Å². The van der Waals surface area contributed by atoms with Gasteiger partial charge in [-0.1, -0.05) is 448 Å². The zero-order chi connectivity index (χ0) is 100. The van der Waals surface area contributed by atoms with Crippen molar-refractivity contribution in [3.63, 3.8) is 0 Å². The van der Waals surface area contributed by atoms with Gasteiger partial charge in [0.2, 0.25) is 0 Å². The second-order valence-corrected chi connectivity index (χ2v) is 47.5. The number of hydrogen-bond donors (Lipinski definition) is 0. The van der Waals surface area contributed by atoms with Crippen molar-refractivity contribution >= 4 is 94.3 Å². The lowest BCUT2D eigenvalue weighted by atomic mass is 9.55. The number of rotatable bonds is 9. The summed E-state index contributed by atoms with van der Waals surface area (Å²) in [5.41, 5.74) is 48.5. The number of hydrogen-bond acceptors (Lipinski definition) is 3. The molecule has 145 heavy (non-hydrogen) atoms. The second-order valence-electron chi connectivity index (χ2n) is 47.5. The highest BCUT2D eigenvalue weighted by Crippen LogP contribution is 2.65. The molecular formula is C142H127N3. The number of nitrogens with zero attached hydrogens (tertiary/aromatic N) is 3. The van der Waals surface area contributed by atoms with Crippen LogP contribution in [-0.2, 0) is 54.1 Å². The number of fused-ring (bicyclic) bond motifs is 27. The van der Waals surface area contributed by atoms with Crippen molar-refractivity contribution < 1.29 is 0 Å². The van der Waals surface area contributed by atoms with Crippen LogP contribution in [0.5, 0.6) is 0 Å². The second kappa shape index (κ2) is 32.2. The Balaban J connectivity index is 0.000000114. The van der Waals surface area contributed by atoms with E-state index in [9.17, 15) is 0 Å². The van der Waals surface area contributed by atoms with E-state index in [2.05, 4.69) is 560 Å². The van der Waals surface area contributed by atoms with E-state index in [4.69, 9.17) is 0 Å². The number of benzene rings is 20. The fourth-order valence-electron chi connectivity index (χ4n) is 27.3. The molecule has 3 heteroatoms. The molecule has 3 nitrogen and oxygen atoms in total. The van der Waals surface area contributed by atoms with E-state index in [0.29, 0.717) is 0 Å².